The fraction of sp³-hybridized carbons (Fsp3) is 0.190. The maximum atomic E-state index is 13.6. The van der Waals surface area contributed by atoms with Crippen molar-refractivity contribution in [3.8, 4) is 0 Å². The molecule has 4 rings (SSSR count). The molecular formula is C21H18F3N3O. The van der Waals surface area contributed by atoms with E-state index in [1.54, 1.807) is 35.2 Å². The molecule has 0 bridgehead atoms. The second kappa shape index (κ2) is 7.07. The van der Waals surface area contributed by atoms with Crippen molar-refractivity contribution in [3.63, 3.8) is 0 Å². The van der Waals surface area contributed by atoms with E-state index in [1.165, 1.54) is 12.3 Å². The smallest absolute Gasteiger partial charge is 0.367 e. The van der Waals surface area contributed by atoms with Gasteiger partial charge in [-0.15, -0.1) is 0 Å². The first-order valence-electron chi connectivity index (χ1n) is 8.92. The van der Waals surface area contributed by atoms with Crippen molar-refractivity contribution in [3.05, 3.63) is 71.9 Å². The van der Waals surface area contributed by atoms with Gasteiger partial charge in [0.15, 0.2) is 0 Å². The van der Waals surface area contributed by atoms with Gasteiger partial charge in [0.2, 0.25) is 0 Å². The molecule has 2 N–H and O–H groups in total. The minimum atomic E-state index is -4.47. The molecule has 0 spiro atoms. The maximum absolute atomic E-state index is 13.6. The monoisotopic (exact) mass is 385 g/mol. The molecule has 0 fully saturated rings. The topological polar surface area (TPSA) is 44.4 Å². The van der Waals surface area contributed by atoms with Crippen molar-refractivity contribution >= 4 is 28.5 Å². The minimum absolute atomic E-state index is 0.166. The standard InChI is InChI=1S/C21H18F3N3O/c22-21(23,24)17-12-14(8-9-19(17)27-10-4-1-5-11-27)25-13-16-15-6-2-3-7-18(15)26-20(16)28/h1-4,6-9,12-13,25H,5,10-11H2,(H,26,28). The van der Waals surface area contributed by atoms with E-state index in [9.17, 15) is 18.0 Å². The third kappa shape index (κ3) is 3.47. The number of fused-ring (bicyclic) bond motifs is 1. The lowest BCUT2D eigenvalue weighted by atomic mass is 10.1. The molecule has 144 valence electrons. The quantitative estimate of drug-likeness (QED) is 0.585. The average Bonchev–Trinajstić information content (AvgIpc) is 3.01. The fourth-order valence-corrected chi connectivity index (χ4v) is 3.43. The zero-order chi connectivity index (χ0) is 19.7. The van der Waals surface area contributed by atoms with Crippen LogP contribution in [0.1, 0.15) is 17.5 Å². The van der Waals surface area contributed by atoms with Crippen LogP contribution in [-0.2, 0) is 11.0 Å². The first kappa shape index (κ1) is 18.2. The normalized spacial score (nSPS) is 17.6. The Morgan fingerprint density at radius 3 is 2.68 bits per heavy atom. The van der Waals surface area contributed by atoms with Gasteiger partial charge in [0.25, 0.3) is 5.91 Å². The van der Waals surface area contributed by atoms with E-state index in [1.807, 2.05) is 12.2 Å². The maximum Gasteiger partial charge on any atom is 0.418 e. The third-order valence-electron chi connectivity index (χ3n) is 4.79. The van der Waals surface area contributed by atoms with Crippen LogP contribution < -0.4 is 15.5 Å². The Morgan fingerprint density at radius 1 is 1.11 bits per heavy atom. The highest BCUT2D eigenvalue weighted by molar-refractivity contribution is 6.31. The van der Waals surface area contributed by atoms with E-state index in [0.717, 1.165) is 12.5 Å². The summed E-state index contributed by atoms with van der Waals surface area (Å²) in [5.74, 6) is -0.290. The number of hydrogen-bond acceptors (Lipinski definition) is 3. The van der Waals surface area contributed by atoms with Gasteiger partial charge in [-0.2, -0.15) is 13.2 Å². The highest BCUT2D eigenvalue weighted by Crippen LogP contribution is 2.39. The molecule has 4 nitrogen and oxygen atoms in total. The molecule has 2 heterocycles. The lowest BCUT2D eigenvalue weighted by molar-refractivity contribution is -0.137. The Labute approximate surface area is 160 Å². The summed E-state index contributed by atoms with van der Waals surface area (Å²) < 4.78 is 40.9. The van der Waals surface area contributed by atoms with Gasteiger partial charge in [0, 0.05) is 41.9 Å². The molecular weight excluding hydrogens is 367 g/mol. The summed E-state index contributed by atoms with van der Waals surface area (Å²) in [6, 6.07) is 11.3. The highest BCUT2D eigenvalue weighted by Gasteiger charge is 2.35. The molecule has 2 aromatic rings. The zero-order valence-corrected chi connectivity index (χ0v) is 14.9. The minimum Gasteiger partial charge on any atom is -0.367 e. The second-order valence-electron chi connectivity index (χ2n) is 6.64. The molecule has 7 heteroatoms. The summed E-state index contributed by atoms with van der Waals surface area (Å²) in [4.78, 5) is 13.8. The number of carbonyl (C=O) groups excluding carboxylic acids is 1. The van der Waals surface area contributed by atoms with E-state index in [-0.39, 0.29) is 17.3 Å². The van der Waals surface area contributed by atoms with Gasteiger partial charge < -0.3 is 15.5 Å². The second-order valence-corrected chi connectivity index (χ2v) is 6.64. The van der Waals surface area contributed by atoms with Crippen molar-refractivity contribution in [1.29, 1.82) is 0 Å². The number of nitrogens with zero attached hydrogens (tertiary/aromatic N) is 1. The Bertz CT molecular complexity index is 979. The Morgan fingerprint density at radius 2 is 1.93 bits per heavy atom. The fourth-order valence-electron chi connectivity index (χ4n) is 3.43. The molecule has 1 amide bonds. The lowest BCUT2D eigenvalue weighted by Gasteiger charge is -2.28. The van der Waals surface area contributed by atoms with E-state index in [2.05, 4.69) is 10.6 Å². The van der Waals surface area contributed by atoms with Gasteiger partial charge >= 0.3 is 6.18 Å². The Kier molecular flexibility index (Phi) is 4.58. The Hall–Kier alpha value is -3.22. The first-order chi connectivity index (χ1) is 13.4. The van der Waals surface area contributed by atoms with Crippen LogP contribution in [0.15, 0.2) is 60.8 Å². The number of para-hydroxylation sites is 1. The van der Waals surface area contributed by atoms with Gasteiger partial charge in [-0.05, 0) is 30.7 Å². The van der Waals surface area contributed by atoms with Crippen molar-refractivity contribution in [1.82, 2.24) is 0 Å². The SMILES string of the molecule is O=C1Nc2ccccc2C1=CNc1ccc(N2CC=CCC2)c(C(F)(F)F)c1. The number of benzene rings is 2. The molecule has 0 saturated carbocycles. The van der Waals surface area contributed by atoms with Crippen LogP contribution >= 0.6 is 0 Å². The lowest BCUT2D eigenvalue weighted by Crippen LogP contribution is -2.29. The summed E-state index contributed by atoms with van der Waals surface area (Å²) >= 11 is 0. The van der Waals surface area contributed by atoms with Crippen LogP contribution in [0.3, 0.4) is 0 Å². The molecule has 0 atom stereocenters. The van der Waals surface area contributed by atoms with E-state index >= 15 is 0 Å². The van der Waals surface area contributed by atoms with Crippen LogP contribution in [0.5, 0.6) is 0 Å². The number of amides is 1. The van der Waals surface area contributed by atoms with Crippen molar-refractivity contribution in [2.75, 3.05) is 28.6 Å². The zero-order valence-electron chi connectivity index (χ0n) is 14.9. The molecule has 0 saturated heterocycles. The molecule has 28 heavy (non-hydrogen) atoms. The summed E-state index contributed by atoms with van der Waals surface area (Å²) in [5, 5.41) is 5.58. The van der Waals surface area contributed by atoms with E-state index in [4.69, 9.17) is 0 Å². The number of hydrogen-bond donors (Lipinski definition) is 2. The molecule has 2 aliphatic rings. The number of halogens is 3. The van der Waals surface area contributed by atoms with Crippen molar-refractivity contribution in [2.24, 2.45) is 0 Å². The molecule has 2 aliphatic heterocycles. The number of carbonyl (C=O) groups is 1. The van der Waals surface area contributed by atoms with E-state index < -0.39 is 11.7 Å². The van der Waals surface area contributed by atoms with Gasteiger partial charge in [0.1, 0.15) is 0 Å². The molecule has 0 aliphatic carbocycles. The van der Waals surface area contributed by atoms with Crippen molar-refractivity contribution in [2.45, 2.75) is 12.6 Å². The van der Waals surface area contributed by atoms with Gasteiger partial charge in [-0.25, -0.2) is 0 Å². The van der Waals surface area contributed by atoms with Crippen LogP contribution in [0.4, 0.5) is 30.2 Å². The molecule has 2 aromatic carbocycles. The average molecular weight is 385 g/mol. The van der Waals surface area contributed by atoms with Gasteiger partial charge in [-0.3, -0.25) is 4.79 Å². The van der Waals surface area contributed by atoms with Crippen LogP contribution in [0.2, 0.25) is 0 Å². The Balaban J connectivity index is 1.64. The number of nitrogens with one attached hydrogen (secondary N) is 2. The molecule has 0 aromatic heterocycles. The summed E-state index contributed by atoms with van der Waals surface area (Å²) in [6.45, 7) is 1.00. The van der Waals surface area contributed by atoms with Crippen LogP contribution in [0, 0.1) is 0 Å². The predicted octanol–water partition coefficient (Wildman–Crippen LogP) is 4.88. The largest absolute Gasteiger partial charge is 0.418 e. The van der Waals surface area contributed by atoms with Gasteiger partial charge in [0.05, 0.1) is 11.1 Å². The van der Waals surface area contributed by atoms with E-state index in [0.29, 0.717) is 29.9 Å². The number of rotatable bonds is 3. The number of anilines is 3. The van der Waals surface area contributed by atoms with Gasteiger partial charge in [-0.1, -0.05) is 30.4 Å². The molecule has 0 unspecified atom stereocenters. The predicted molar refractivity (Wildman–Crippen MR) is 104 cm³/mol. The molecule has 0 radical (unpaired) electrons. The third-order valence-corrected chi connectivity index (χ3v) is 4.79. The summed E-state index contributed by atoms with van der Waals surface area (Å²) in [7, 11) is 0. The highest BCUT2D eigenvalue weighted by atomic mass is 19.4. The summed E-state index contributed by atoms with van der Waals surface area (Å²) in [5.41, 5.74) is 1.53. The number of alkyl halides is 3. The first-order valence-corrected chi connectivity index (χ1v) is 8.92. The van der Waals surface area contributed by atoms with Crippen LogP contribution in [0.25, 0.3) is 5.57 Å². The summed E-state index contributed by atoms with van der Waals surface area (Å²) in [6.07, 6.45) is 1.53. The van der Waals surface area contributed by atoms with Crippen molar-refractivity contribution < 1.29 is 18.0 Å². The van der Waals surface area contributed by atoms with Crippen LogP contribution in [-0.4, -0.2) is 19.0 Å².